The van der Waals surface area contributed by atoms with Crippen molar-refractivity contribution >= 4 is 17.5 Å². The second kappa shape index (κ2) is 9.75. The summed E-state index contributed by atoms with van der Waals surface area (Å²) in [5.74, 6) is -0.514. The molecule has 160 valence electrons. The molecule has 5 nitrogen and oxygen atoms in total. The lowest BCUT2D eigenvalue weighted by molar-refractivity contribution is -0.176. The maximum Gasteiger partial charge on any atom is 0.411 e. The Morgan fingerprint density at radius 3 is 2.30 bits per heavy atom. The minimum Gasteiger partial charge on any atom is -0.367 e. The van der Waals surface area contributed by atoms with Crippen molar-refractivity contribution < 1.29 is 27.5 Å². The van der Waals surface area contributed by atoms with Gasteiger partial charge in [-0.15, -0.1) is 0 Å². The van der Waals surface area contributed by atoms with Gasteiger partial charge in [0.05, 0.1) is 17.9 Å². The van der Waals surface area contributed by atoms with Crippen LogP contribution in [0.3, 0.4) is 0 Å². The summed E-state index contributed by atoms with van der Waals surface area (Å²) in [5, 5.41) is 2.76. The molecule has 0 unspecified atom stereocenters. The predicted octanol–water partition coefficient (Wildman–Crippen LogP) is 4.64. The third kappa shape index (κ3) is 6.06. The van der Waals surface area contributed by atoms with Gasteiger partial charge in [0.2, 0.25) is 0 Å². The molecule has 2 aromatic rings. The quantitative estimate of drug-likeness (QED) is 0.741. The SMILES string of the molecule is O=C(Nc1ccccc1C(=O)N1CCCCC1)c1ccc(COCC(F)(F)F)cc1. The number of amides is 2. The molecule has 0 aliphatic carbocycles. The number of piperidine rings is 1. The van der Waals surface area contributed by atoms with Crippen molar-refractivity contribution in [3.8, 4) is 0 Å². The zero-order valence-electron chi connectivity index (χ0n) is 16.4. The molecule has 0 bridgehead atoms. The van der Waals surface area contributed by atoms with E-state index in [4.69, 9.17) is 0 Å². The number of hydrogen-bond donors (Lipinski definition) is 1. The fourth-order valence-electron chi connectivity index (χ4n) is 3.28. The van der Waals surface area contributed by atoms with Crippen LogP contribution in [0.2, 0.25) is 0 Å². The summed E-state index contributed by atoms with van der Waals surface area (Å²) in [5.41, 5.74) is 1.71. The molecule has 1 fully saturated rings. The molecule has 2 amide bonds. The van der Waals surface area contributed by atoms with Crippen molar-refractivity contribution in [3.63, 3.8) is 0 Å². The first-order valence-electron chi connectivity index (χ1n) is 9.76. The molecule has 1 saturated heterocycles. The van der Waals surface area contributed by atoms with Gasteiger partial charge in [-0.3, -0.25) is 9.59 Å². The summed E-state index contributed by atoms with van der Waals surface area (Å²) in [6, 6.07) is 13.0. The number of carbonyl (C=O) groups is 2. The van der Waals surface area contributed by atoms with E-state index in [0.29, 0.717) is 35.5 Å². The summed E-state index contributed by atoms with van der Waals surface area (Å²) >= 11 is 0. The predicted molar refractivity (Wildman–Crippen MR) is 106 cm³/mol. The monoisotopic (exact) mass is 420 g/mol. The Balaban J connectivity index is 1.64. The summed E-state index contributed by atoms with van der Waals surface area (Å²) < 4.78 is 41.0. The number of benzene rings is 2. The molecule has 0 saturated carbocycles. The van der Waals surface area contributed by atoms with E-state index in [9.17, 15) is 22.8 Å². The Labute approximate surface area is 172 Å². The van der Waals surface area contributed by atoms with E-state index in [2.05, 4.69) is 10.1 Å². The fourth-order valence-corrected chi connectivity index (χ4v) is 3.28. The molecule has 1 heterocycles. The fraction of sp³-hybridized carbons (Fsp3) is 0.364. The van der Waals surface area contributed by atoms with E-state index in [1.807, 2.05) is 0 Å². The van der Waals surface area contributed by atoms with Gasteiger partial charge in [-0.2, -0.15) is 13.2 Å². The molecule has 1 aliphatic rings. The molecule has 1 N–H and O–H groups in total. The van der Waals surface area contributed by atoms with Crippen molar-refractivity contribution in [1.82, 2.24) is 4.90 Å². The molecular formula is C22H23F3N2O3. The lowest BCUT2D eigenvalue weighted by atomic mass is 10.1. The van der Waals surface area contributed by atoms with Crippen LogP contribution < -0.4 is 5.32 Å². The molecule has 8 heteroatoms. The minimum atomic E-state index is -4.38. The standard InChI is InChI=1S/C22H23F3N2O3/c23-22(24,25)15-30-14-16-8-10-17(11-9-16)20(28)26-19-7-3-2-6-18(19)21(29)27-12-4-1-5-13-27/h2-3,6-11H,1,4-5,12-15H2,(H,26,28). The molecule has 30 heavy (non-hydrogen) atoms. The summed E-state index contributed by atoms with van der Waals surface area (Å²) in [4.78, 5) is 27.2. The Morgan fingerprint density at radius 1 is 0.967 bits per heavy atom. The highest BCUT2D eigenvalue weighted by Gasteiger charge is 2.27. The summed E-state index contributed by atoms with van der Waals surface area (Å²) in [7, 11) is 0. The van der Waals surface area contributed by atoms with E-state index in [1.54, 1.807) is 29.2 Å². The van der Waals surface area contributed by atoms with Crippen LogP contribution in [0, 0.1) is 0 Å². The van der Waals surface area contributed by atoms with Gasteiger partial charge in [0, 0.05) is 18.7 Å². The molecular weight excluding hydrogens is 397 g/mol. The molecule has 1 aliphatic heterocycles. The zero-order chi connectivity index (χ0) is 21.6. The van der Waals surface area contributed by atoms with Crippen LogP contribution in [0.15, 0.2) is 48.5 Å². The van der Waals surface area contributed by atoms with E-state index < -0.39 is 18.7 Å². The number of likely N-dealkylation sites (tertiary alicyclic amines) is 1. The number of ether oxygens (including phenoxy) is 1. The van der Waals surface area contributed by atoms with Gasteiger partial charge in [0.15, 0.2) is 0 Å². The number of para-hydroxylation sites is 1. The highest BCUT2D eigenvalue weighted by atomic mass is 19.4. The van der Waals surface area contributed by atoms with Gasteiger partial charge < -0.3 is 15.0 Å². The van der Waals surface area contributed by atoms with Crippen LogP contribution in [0.5, 0.6) is 0 Å². The van der Waals surface area contributed by atoms with Crippen molar-refractivity contribution in [2.45, 2.75) is 32.0 Å². The average Bonchev–Trinajstić information content (AvgIpc) is 2.74. The first kappa shape index (κ1) is 21.8. The lowest BCUT2D eigenvalue weighted by Crippen LogP contribution is -2.36. The Bertz CT molecular complexity index is 876. The van der Waals surface area contributed by atoms with E-state index in [0.717, 1.165) is 19.3 Å². The minimum absolute atomic E-state index is 0.109. The van der Waals surface area contributed by atoms with Crippen molar-refractivity contribution in [2.75, 3.05) is 25.0 Å². The molecule has 0 atom stereocenters. The number of hydrogen-bond acceptors (Lipinski definition) is 3. The van der Waals surface area contributed by atoms with Gasteiger partial charge in [0.25, 0.3) is 11.8 Å². The number of carbonyl (C=O) groups excluding carboxylic acids is 2. The molecule has 0 radical (unpaired) electrons. The number of rotatable bonds is 6. The van der Waals surface area contributed by atoms with Gasteiger partial charge in [0.1, 0.15) is 6.61 Å². The Kier molecular flexibility index (Phi) is 7.10. The van der Waals surface area contributed by atoms with Crippen LogP contribution in [0.4, 0.5) is 18.9 Å². The highest BCUT2D eigenvalue weighted by Crippen LogP contribution is 2.21. The van der Waals surface area contributed by atoms with E-state index in [-0.39, 0.29) is 12.5 Å². The highest BCUT2D eigenvalue weighted by molar-refractivity contribution is 6.09. The van der Waals surface area contributed by atoms with Crippen molar-refractivity contribution in [1.29, 1.82) is 0 Å². The first-order chi connectivity index (χ1) is 14.3. The third-order valence-electron chi connectivity index (χ3n) is 4.80. The van der Waals surface area contributed by atoms with Crippen LogP contribution >= 0.6 is 0 Å². The Morgan fingerprint density at radius 2 is 1.63 bits per heavy atom. The average molecular weight is 420 g/mol. The molecule has 3 rings (SSSR count). The van der Waals surface area contributed by atoms with Crippen LogP contribution in [0.25, 0.3) is 0 Å². The molecule has 0 spiro atoms. The number of nitrogens with zero attached hydrogens (tertiary/aromatic N) is 1. The lowest BCUT2D eigenvalue weighted by Gasteiger charge is -2.27. The number of nitrogens with one attached hydrogen (secondary N) is 1. The van der Waals surface area contributed by atoms with Gasteiger partial charge in [-0.25, -0.2) is 0 Å². The van der Waals surface area contributed by atoms with Crippen molar-refractivity contribution in [2.24, 2.45) is 0 Å². The van der Waals surface area contributed by atoms with Crippen LogP contribution in [-0.4, -0.2) is 42.6 Å². The van der Waals surface area contributed by atoms with Gasteiger partial charge >= 0.3 is 6.18 Å². The zero-order valence-corrected chi connectivity index (χ0v) is 16.4. The topological polar surface area (TPSA) is 58.6 Å². The Hall–Kier alpha value is -2.87. The van der Waals surface area contributed by atoms with Crippen molar-refractivity contribution in [3.05, 3.63) is 65.2 Å². The molecule has 2 aromatic carbocycles. The third-order valence-corrected chi connectivity index (χ3v) is 4.80. The molecule has 0 aromatic heterocycles. The summed E-state index contributed by atoms with van der Waals surface area (Å²) in [6.07, 6.45) is -1.32. The van der Waals surface area contributed by atoms with Gasteiger partial charge in [-0.05, 0) is 49.1 Å². The van der Waals surface area contributed by atoms with Crippen LogP contribution in [0.1, 0.15) is 45.5 Å². The van der Waals surface area contributed by atoms with E-state index >= 15 is 0 Å². The maximum atomic E-state index is 12.8. The second-order valence-electron chi connectivity index (χ2n) is 7.16. The smallest absolute Gasteiger partial charge is 0.367 e. The van der Waals surface area contributed by atoms with Crippen LogP contribution in [-0.2, 0) is 11.3 Å². The number of alkyl halides is 3. The number of halogens is 3. The van der Waals surface area contributed by atoms with E-state index in [1.165, 1.54) is 24.3 Å². The van der Waals surface area contributed by atoms with Gasteiger partial charge in [-0.1, -0.05) is 24.3 Å². The number of anilines is 1. The second-order valence-corrected chi connectivity index (χ2v) is 7.16. The maximum absolute atomic E-state index is 12.8. The normalized spacial score (nSPS) is 14.4. The first-order valence-corrected chi connectivity index (χ1v) is 9.76. The largest absolute Gasteiger partial charge is 0.411 e. The summed E-state index contributed by atoms with van der Waals surface area (Å²) in [6.45, 7) is -0.108.